The van der Waals surface area contributed by atoms with Crippen LogP contribution in [0.1, 0.15) is 35.2 Å². The molecule has 2 N–H and O–H groups in total. The Hall–Kier alpha value is -1.51. The van der Waals surface area contributed by atoms with E-state index in [0.717, 1.165) is 33.9 Å². The Morgan fingerprint density at radius 1 is 1.25 bits per heavy atom. The molecule has 1 aliphatic rings. The van der Waals surface area contributed by atoms with Crippen molar-refractivity contribution in [3.8, 4) is 5.75 Å². The molecule has 1 heterocycles. The highest BCUT2D eigenvalue weighted by molar-refractivity contribution is 6.30. The molecule has 3 rings (SSSR count). The first-order chi connectivity index (χ1) is 9.54. The number of nitrogens with two attached hydrogens (primary N) is 1. The standard InChI is InChI=1S/C17H18ClNO/c1-10-3-5-14(18)9-15(10)17(19)12-4-6-16-13(8-12)7-11(2)20-16/h3-6,8-9,11,17H,7,19H2,1-2H3. The van der Waals surface area contributed by atoms with Gasteiger partial charge < -0.3 is 10.5 Å². The zero-order valence-corrected chi connectivity index (χ0v) is 12.4. The van der Waals surface area contributed by atoms with Crippen LogP contribution in [0, 0.1) is 6.92 Å². The number of halogens is 1. The quantitative estimate of drug-likeness (QED) is 0.905. The first-order valence-electron chi connectivity index (χ1n) is 6.85. The molecule has 2 aromatic carbocycles. The third kappa shape index (κ3) is 2.41. The fourth-order valence-electron chi connectivity index (χ4n) is 2.76. The number of ether oxygens (including phenoxy) is 1. The van der Waals surface area contributed by atoms with E-state index >= 15 is 0 Å². The second kappa shape index (κ2) is 5.12. The van der Waals surface area contributed by atoms with Crippen LogP contribution in [0.5, 0.6) is 5.75 Å². The third-order valence-electron chi connectivity index (χ3n) is 3.86. The molecule has 0 radical (unpaired) electrons. The van der Waals surface area contributed by atoms with Crippen molar-refractivity contribution in [1.82, 2.24) is 0 Å². The van der Waals surface area contributed by atoms with Crippen molar-refractivity contribution >= 4 is 11.6 Å². The molecule has 2 atom stereocenters. The van der Waals surface area contributed by atoms with Crippen molar-refractivity contribution in [1.29, 1.82) is 0 Å². The zero-order valence-electron chi connectivity index (χ0n) is 11.7. The van der Waals surface area contributed by atoms with E-state index in [1.54, 1.807) is 0 Å². The number of hydrogen-bond acceptors (Lipinski definition) is 2. The Kier molecular flexibility index (Phi) is 3.45. The van der Waals surface area contributed by atoms with Gasteiger partial charge in [0.25, 0.3) is 0 Å². The number of rotatable bonds is 2. The van der Waals surface area contributed by atoms with Crippen LogP contribution in [0.15, 0.2) is 36.4 Å². The summed E-state index contributed by atoms with van der Waals surface area (Å²) in [6.45, 7) is 4.14. The van der Waals surface area contributed by atoms with Gasteiger partial charge in [-0.1, -0.05) is 29.8 Å². The van der Waals surface area contributed by atoms with E-state index < -0.39 is 0 Å². The summed E-state index contributed by atoms with van der Waals surface area (Å²) in [5.74, 6) is 0.983. The summed E-state index contributed by atoms with van der Waals surface area (Å²) in [4.78, 5) is 0. The van der Waals surface area contributed by atoms with Crippen LogP contribution in [-0.4, -0.2) is 6.10 Å². The van der Waals surface area contributed by atoms with Crippen molar-refractivity contribution in [2.75, 3.05) is 0 Å². The number of hydrogen-bond donors (Lipinski definition) is 1. The summed E-state index contributed by atoms with van der Waals surface area (Å²) in [5.41, 5.74) is 11.0. The van der Waals surface area contributed by atoms with Crippen molar-refractivity contribution in [3.05, 3.63) is 63.7 Å². The maximum Gasteiger partial charge on any atom is 0.123 e. The number of benzene rings is 2. The maximum absolute atomic E-state index is 6.42. The molecule has 0 fully saturated rings. The molecule has 0 spiro atoms. The normalized spacial score (nSPS) is 18.5. The average Bonchev–Trinajstić information content (AvgIpc) is 2.79. The molecule has 0 saturated heterocycles. The van der Waals surface area contributed by atoms with Gasteiger partial charge in [0, 0.05) is 11.4 Å². The van der Waals surface area contributed by atoms with Crippen molar-refractivity contribution < 1.29 is 4.74 Å². The Balaban J connectivity index is 1.97. The first kappa shape index (κ1) is 13.5. The molecule has 104 valence electrons. The largest absolute Gasteiger partial charge is 0.490 e. The predicted molar refractivity (Wildman–Crippen MR) is 82.5 cm³/mol. The van der Waals surface area contributed by atoms with Crippen LogP contribution in [0.2, 0.25) is 5.02 Å². The van der Waals surface area contributed by atoms with E-state index in [9.17, 15) is 0 Å². The fourth-order valence-corrected chi connectivity index (χ4v) is 2.94. The summed E-state index contributed by atoms with van der Waals surface area (Å²) < 4.78 is 5.73. The van der Waals surface area contributed by atoms with Gasteiger partial charge in [-0.25, -0.2) is 0 Å². The van der Waals surface area contributed by atoms with E-state index in [2.05, 4.69) is 19.9 Å². The summed E-state index contributed by atoms with van der Waals surface area (Å²) in [6, 6.07) is 11.9. The average molecular weight is 288 g/mol. The van der Waals surface area contributed by atoms with Crippen molar-refractivity contribution in [3.63, 3.8) is 0 Å². The third-order valence-corrected chi connectivity index (χ3v) is 4.09. The molecule has 0 bridgehead atoms. The second-order valence-electron chi connectivity index (χ2n) is 5.48. The Morgan fingerprint density at radius 3 is 2.85 bits per heavy atom. The van der Waals surface area contributed by atoms with E-state index in [0.29, 0.717) is 0 Å². The summed E-state index contributed by atoms with van der Waals surface area (Å²) in [5, 5.41) is 0.721. The summed E-state index contributed by atoms with van der Waals surface area (Å²) in [6.07, 6.45) is 1.20. The Morgan fingerprint density at radius 2 is 2.05 bits per heavy atom. The van der Waals surface area contributed by atoms with Gasteiger partial charge in [-0.15, -0.1) is 0 Å². The maximum atomic E-state index is 6.42. The highest BCUT2D eigenvalue weighted by Crippen LogP contribution is 2.33. The predicted octanol–water partition coefficient (Wildman–Crippen LogP) is 4.02. The minimum absolute atomic E-state index is 0.157. The Labute approximate surface area is 124 Å². The highest BCUT2D eigenvalue weighted by atomic mass is 35.5. The number of fused-ring (bicyclic) bond motifs is 1. The zero-order chi connectivity index (χ0) is 14.3. The molecule has 3 heteroatoms. The first-order valence-corrected chi connectivity index (χ1v) is 7.23. The fraction of sp³-hybridized carbons (Fsp3) is 0.294. The lowest BCUT2D eigenvalue weighted by atomic mass is 9.94. The molecule has 1 aliphatic heterocycles. The van der Waals surface area contributed by atoms with E-state index in [-0.39, 0.29) is 12.1 Å². The van der Waals surface area contributed by atoms with E-state index in [1.165, 1.54) is 5.56 Å². The number of aryl methyl sites for hydroxylation is 1. The van der Waals surface area contributed by atoms with Gasteiger partial charge in [0.15, 0.2) is 0 Å². The summed E-state index contributed by atoms with van der Waals surface area (Å²) >= 11 is 6.09. The topological polar surface area (TPSA) is 35.2 Å². The summed E-state index contributed by atoms with van der Waals surface area (Å²) in [7, 11) is 0. The van der Waals surface area contributed by atoms with Gasteiger partial charge in [0.1, 0.15) is 11.9 Å². The lowest BCUT2D eigenvalue weighted by Gasteiger charge is -2.16. The molecule has 0 saturated carbocycles. The molecule has 0 aliphatic carbocycles. The van der Waals surface area contributed by atoms with Crippen LogP contribution in [0.3, 0.4) is 0 Å². The van der Waals surface area contributed by atoms with Crippen molar-refractivity contribution in [2.24, 2.45) is 5.73 Å². The van der Waals surface area contributed by atoms with Gasteiger partial charge in [-0.05, 0) is 54.3 Å². The highest BCUT2D eigenvalue weighted by Gasteiger charge is 2.21. The van der Waals surface area contributed by atoms with Gasteiger partial charge in [0.05, 0.1) is 6.04 Å². The monoisotopic (exact) mass is 287 g/mol. The molecular weight excluding hydrogens is 270 g/mol. The van der Waals surface area contributed by atoms with Crippen molar-refractivity contribution in [2.45, 2.75) is 32.4 Å². The van der Waals surface area contributed by atoms with E-state index in [1.807, 2.05) is 30.3 Å². The molecule has 20 heavy (non-hydrogen) atoms. The van der Waals surface area contributed by atoms with Gasteiger partial charge in [0.2, 0.25) is 0 Å². The molecule has 2 aromatic rings. The second-order valence-corrected chi connectivity index (χ2v) is 5.91. The van der Waals surface area contributed by atoms with Gasteiger partial charge >= 0.3 is 0 Å². The molecule has 0 amide bonds. The lowest BCUT2D eigenvalue weighted by Crippen LogP contribution is -2.13. The Bertz CT molecular complexity index is 653. The molecule has 2 nitrogen and oxygen atoms in total. The lowest BCUT2D eigenvalue weighted by molar-refractivity contribution is 0.254. The minimum Gasteiger partial charge on any atom is -0.490 e. The van der Waals surface area contributed by atoms with Crippen LogP contribution in [-0.2, 0) is 6.42 Å². The van der Waals surface area contributed by atoms with Crippen LogP contribution >= 0.6 is 11.6 Å². The van der Waals surface area contributed by atoms with Crippen LogP contribution in [0.25, 0.3) is 0 Å². The molecule has 0 aromatic heterocycles. The van der Waals surface area contributed by atoms with Gasteiger partial charge in [-0.3, -0.25) is 0 Å². The SMILES string of the molecule is Cc1ccc(Cl)cc1C(N)c1ccc2c(c1)CC(C)O2. The molecular formula is C17H18ClNO. The minimum atomic E-state index is -0.157. The van der Waals surface area contributed by atoms with Gasteiger partial charge in [-0.2, -0.15) is 0 Å². The van der Waals surface area contributed by atoms with Crippen LogP contribution < -0.4 is 10.5 Å². The molecule has 2 unspecified atom stereocenters. The van der Waals surface area contributed by atoms with E-state index in [4.69, 9.17) is 22.1 Å². The smallest absolute Gasteiger partial charge is 0.123 e. The van der Waals surface area contributed by atoms with Crippen LogP contribution in [0.4, 0.5) is 0 Å².